The van der Waals surface area contributed by atoms with Crippen molar-refractivity contribution in [2.45, 2.75) is 12.6 Å². The average Bonchev–Trinajstić information content (AvgIpc) is 2.78. The molecule has 2 aliphatic heterocycles. The van der Waals surface area contributed by atoms with Gasteiger partial charge < -0.3 is 20.9 Å². The normalized spacial score (nSPS) is 21.6. The standard InChI is InChI=1S/C14H17FN4O2/c15-12-5-9(13(16)20)1-2-10(12)7-18-8-11-6-17-3-4-19(11)14(18)21/h1-2,5,11,17H,3-4,6-8H2,(H2,16,20). The summed E-state index contributed by atoms with van der Waals surface area (Å²) in [4.78, 5) is 26.7. The van der Waals surface area contributed by atoms with Crippen LogP contribution in [-0.4, -0.2) is 54.0 Å². The van der Waals surface area contributed by atoms with Gasteiger partial charge in [-0.3, -0.25) is 4.79 Å². The quantitative estimate of drug-likeness (QED) is 0.831. The number of nitrogens with two attached hydrogens (primary N) is 1. The van der Waals surface area contributed by atoms with Gasteiger partial charge in [0.2, 0.25) is 5.91 Å². The first kappa shape index (κ1) is 13.8. The predicted molar refractivity (Wildman–Crippen MR) is 74.1 cm³/mol. The molecule has 0 aliphatic carbocycles. The summed E-state index contributed by atoms with van der Waals surface area (Å²) in [5.74, 6) is -1.18. The number of rotatable bonds is 3. The molecule has 2 aliphatic rings. The third-order valence-electron chi connectivity index (χ3n) is 4.00. The predicted octanol–water partition coefficient (Wildman–Crippen LogP) is 0.134. The molecule has 0 bridgehead atoms. The lowest BCUT2D eigenvalue weighted by molar-refractivity contribution is 0.0999. The lowest BCUT2D eigenvalue weighted by Gasteiger charge is -2.28. The van der Waals surface area contributed by atoms with Crippen LogP contribution < -0.4 is 11.1 Å². The maximum Gasteiger partial charge on any atom is 0.320 e. The van der Waals surface area contributed by atoms with Crippen LogP contribution in [0.3, 0.4) is 0 Å². The third kappa shape index (κ3) is 2.56. The van der Waals surface area contributed by atoms with Gasteiger partial charge in [0, 0.05) is 37.3 Å². The molecule has 3 N–H and O–H groups in total. The number of nitrogens with zero attached hydrogens (tertiary/aromatic N) is 2. The molecule has 3 amide bonds. The number of piperazine rings is 1. The second-order valence-electron chi connectivity index (χ2n) is 5.38. The second kappa shape index (κ2) is 5.33. The molecule has 6 nitrogen and oxygen atoms in total. The zero-order valence-corrected chi connectivity index (χ0v) is 11.5. The van der Waals surface area contributed by atoms with Crippen LogP contribution in [0.25, 0.3) is 0 Å². The van der Waals surface area contributed by atoms with Crippen LogP contribution >= 0.6 is 0 Å². The highest BCUT2D eigenvalue weighted by Crippen LogP contribution is 2.21. The molecule has 0 aromatic heterocycles. The number of urea groups is 1. The van der Waals surface area contributed by atoms with Gasteiger partial charge in [0.15, 0.2) is 0 Å². The minimum Gasteiger partial charge on any atom is -0.366 e. The molecule has 112 valence electrons. The van der Waals surface area contributed by atoms with E-state index in [1.54, 1.807) is 4.90 Å². The van der Waals surface area contributed by atoms with Gasteiger partial charge in [-0.1, -0.05) is 6.07 Å². The molecular formula is C14H17FN4O2. The fourth-order valence-electron chi connectivity index (χ4n) is 2.86. The highest BCUT2D eigenvalue weighted by molar-refractivity contribution is 5.92. The minimum absolute atomic E-state index is 0.0557. The van der Waals surface area contributed by atoms with Crippen LogP contribution in [0.4, 0.5) is 9.18 Å². The van der Waals surface area contributed by atoms with E-state index in [9.17, 15) is 14.0 Å². The van der Waals surface area contributed by atoms with Crippen molar-refractivity contribution in [2.24, 2.45) is 5.73 Å². The topological polar surface area (TPSA) is 78.7 Å². The van der Waals surface area contributed by atoms with Crippen molar-refractivity contribution in [3.8, 4) is 0 Å². The summed E-state index contributed by atoms with van der Waals surface area (Å²) in [5, 5.41) is 3.25. The van der Waals surface area contributed by atoms with Gasteiger partial charge in [0.05, 0.1) is 12.6 Å². The lowest BCUT2D eigenvalue weighted by Crippen LogP contribution is -2.49. The van der Waals surface area contributed by atoms with Crippen molar-refractivity contribution in [1.29, 1.82) is 0 Å². The summed E-state index contributed by atoms with van der Waals surface area (Å²) in [7, 11) is 0. The van der Waals surface area contributed by atoms with Crippen LogP contribution in [-0.2, 0) is 6.54 Å². The van der Waals surface area contributed by atoms with Crippen molar-refractivity contribution >= 4 is 11.9 Å². The van der Waals surface area contributed by atoms with Crippen molar-refractivity contribution in [3.05, 3.63) is 35.1 Å². The Hall–Kier alpha value is -2.15. The SMILES string of the molecule is NC(=O)c1ccc(CN2CC3CNCCN3C2=O)c(F)c1. The van der Waals surface area contributed by atoms with Crippen LogP contribution in [0, 0.1) is 5.82 Å². The number of benzene rings is 1. The molecule has 2 fully saturated rings. The van der Waals surface area contributed by atoms with Crippen LogP contribution in [0.5, 0.6) is 0 Å². The smallest absolute Gasteiger partial charge is 0.320 e. The molecule has 7 heteroatoms. The number of carbonyl (C=O) groups excluding carboxylic acids is 2. The highest BCUT2D eigenvalue weighted by atomic mass is 19.1. The van der Waals surface area contributed by atoms with Crippen LogP contribution in [0.15, 0.2) is 18.2 Å². The van der Waals surface area contributed by atoms with Crippen molar-refractivity contribution in [2.75, 3.05) is 26.2 Å². The molecule has 1 aromatic carbocycles. The molecule has 2 heterocycles. The zero-order valence-electron chi connectivity index (χ0n) is 11.5. The molecule has 2 saturated heterocycles. The molecule has 0 spiro atoms. The first-order chi connectivity index (χ1) is 10.1. The molecule has 3 rings (SSSR count). The molecule has 21 heavy (non-hydrogen) atoms. The highest BCUT2D eigenvalue weighted by Gasteiger charge is 2.38. The third-order valence-corrected chi connectivity index (χ3v) is 4.00. The fraction of sp³-hybridized carbons (Fsp3) is 0.429. The van der Waals surface area contributed by atoms with E-state index < -0.39 is 11.7 Å². The molecule has 0 radical (unpaired) electrons. The van der Waals surface area contributed by atoms with Gasteiger partial charge in [-0.05, 0) is 12.1 Å². The van der Waals surface area contributed by atoms with E-state index in [1.165, 1.54) is 12.1 Å². The van der Waals surface area contributed by atoms with Crippen molar-refractivity contribution < 1.29 is 14.0 Å². The van der Waals surface area contributed by atoms with Gasteiger partial charge in [0.25, 0.3) is 0 Å². The first-order valence-electron chi connectivity index (χ1n) is 6.91. The Morgan fingerprint density at radius 3 is 2.95 bits per heavy atom. The molecule has 0 saturated carbocycles. The van der Waals surface area contributed by atoms with Gasteiger partial charge >= 0.3 is 6.03 Å². The zero-order chi connectivity index (χ0) is 15.0. The van der Waals surface area contributed by atoms with E-state index in [0.29, 0.717) is 18.7 Å². The number of nitrogens with one attached hydrogen (secondary N) is 1. The van der Waals surface area contributed by atoms with Gasteiger partial charge in [0.1, 0.15) is 5.82 Å². The second-order valence-corrected chi connectivity index (χ2v) is 5.38. The average molecular weight is 292 g/mol. The number of hydrogen-bond donors (Lipinski definition) is 2. The fourth-order valence-corrected chi connectivity index (χ4v) is 2.86. The van der Waals surface area contributed by atoms with Gasteiger partial charge in [-0.2, -0.15) is 0 Å². The molecule has 1 unspecified atom stereocenters. The maximum atomic E-state index is 14.0. The summed E-state index contributed by atoms with van der Waals surface area (Å²) in [6, 6.07) is 4.21. The minimum atomic E-state index is -0.666. The Bertz CT molecular complexity index is 592. The van der Waals surface area contributed by atoms with Crippen molar-refractivity contribution in [1.82, 2.24) is 15.1 Å². The Labute approximate surface area is 121 Å². The Morgan fingerprint density at radius 1 is 1.48 bits per heavy atom. The van der Waals surface area contributed by atoms with Gasteiger partial charge in [-0.25, -0.2) is 9.18 Å². The summed E-state index contributed by atoms with van der Waals surface area (Å²) in [6.07, 6.45) is 0. The number of halogens is 1. The van der Waals surface area contributed by atoms with E-state index >= 15 is 0 Å². The summed E-state index contributed by atoms with van der Waals surface area (Å²) < 4.78 is 14.0. The monoisotopic (exact) mass is 292 g/mol. The largest absolute Gasteiger partial charge is 0.366 e. The molecular weight excluding hydrogens is 275 g/mol. The number of amides is 3. The molecule has 1 atom stereocenters. The number of hydrogen-bond acceptors (Lipinski definition) is 3. The van der Waals surface area contributed by atoms with E-state index in [0.717, 1.165) is 19.2 Å². The lowest BCUT2D eigenvalue weighted by atomic mass is 10.1. The maximum absolute atomic E-state index is 14.0. The van der Waals surface area contributed by atoms with E-state index in [-0.39, 0.29) is 24.2 Å². The van der Waals surface area contributed by atoms with Crippen molar-refractivity contribution in [3.63, 3.8) is 0 Å². The van der Waals surface area contributed by atoms with Crippen LogP contribution in [0.2, 0.25) is 0 Å². The Balaban J connectivity index is 1.75. The number of carbonyl (C=O) groups is 2. The van der Waals surface area contributed by atoms with Crippen LogP contribution in [0.1, 0.15) is 15.9 Å². The summed E-state index contributed by atoms with van der Waals surface area (Å²) in [5.41, 5.74) is 5.63. The van der Waals surface area contributed by atoms with E-state index in [1.807, 2.05) is 4.90 Å². The van der Waals surface area contributed by atoms with E-state index in [4.69, 9.17) is 5.73 Å². The molecule has 1 aromatic rings. The Kier molecular flexibility index (Phi) is 3.50. The number of fused-ring (bicyclic) bond motifs is 1. The number of primary amides is 1. The summed E-state index contributed by atoms with van der Waals surface area (Å²) >= 11 is 0. The first-order valence-corrected chi connectivity index (χ1v) is 6.91. The van der Waals surface area contributed by atoms with E-state index in [2.05, 4.69) is 5.32 Å². The van der Waals surface area contributed by atoms with Gasteiger partial charge in [-0.15, -0.1) is 0 Å². The Morgan fingerprint density at radius 2 is 2.29 bits per heavy atom. The summed E-state index contributed by atoms with van der Waals surface area (Å²) in [6.45, 7) is 3.03.